The molecule has 0 unspecified atom stereocenters. The van der Waals surface area contributed by atoms with Gasteiger partial charge < -0.3 is 14.6 Å². The van der Waals surface area contributed by atoms with E-state index in [9.17, 15) is 9.90 Å². The number of aromatic carboxylic acids is 1. The van der Waals surface area contributed by atoms with Crippen molar-refractivity contribution in [3.8, 4) is 22.8 Å². The van der Waals surface area contributed by atoms with Crippen molar-refractivity contribution in [3.05, 3.63) is 54.1 Å². The Morgan fingerprint density at radius 1 is 1.08 bits per heavy atom. The Balaban J connectivity index is 2.16. The Labute approximate surface area is 139 Å². The molecule has 0 aliphatic carbocycles. The minimum absolute atomic E-state index is 0.201. The summed E-state index contributed by atoms with van der Waals surface area (Å²) in [6.07, 6.45) is 0. The van der Waals surface area contributed by atoms with Crippen molar-refractivity contribution in [3.63, 3.8) is 0 Å². The summed E-state index contributed by atoms with van der Waals surface area (Å²) in [5.74, 6) is 0.372. The minimum Gasteiger partial charge on any atom is -0.497 e. The molecule has 1 N–H and O–H groups in total. The third-order valence-electron chi connectivity index (χ3n) is 3.71. The third kappa shape index (κ3) is 3.01. The van der Waals surface area contributed by atoms with Crippen LogP contribution in [0.3, 0.4) is 0 Å². The van der Waals surface area contributed by atoms with Crippen LogP contribution in [0.5, 0.6) is 11.5 Å². The summed E-state index contributed by atoms with van der Waals surface area (Å²) in [5, 5.41) is 10.1. The average molecular weight is 323 g/mol. The molecule has 0 spiro atoms. The average Bonchev–Trinajstić information content (AvgIpc) is 2.61. The lowest BCUT2D eigenvalue weighted by Crippen LogP contribution is -2.01. The number of carboxylic acids is 1. The fraction of sp³-hybridized carbons (Fsp3) is 0.158. The van der Waals surface area contributed by atoms with Gasteiger partial charge in [-0.25, -0.2) is 9.78 Å². The standard InChI is InChI=1S/C19H17NO4/c1-3-24-14-8-9-17-15(10-14)16(19(21)22)11-18(20-17)12-4-6-13(23-2)7-5-12/h4-11H,3H2,1-2H3,(H,21,22). The predicted octanol–water partition coefficient (Wildman–Crippen LogP) is 4.01. The van der Waals surface area contributed by atoms with E-state index in [4.69, 9.17) is 9.47 Å². The SMILES string of the molecule is CCOc1ccc2nc(-c3ccc(OC)cc3)cc(C(=O)O)c2c1. The van der Waals surface area contributed by atoms with Gasteiger partial charge in [0.25, 0.3) is 0 Å². The first-order valence-electron chi connectivity index (χ1n) is 7.57. The van der Waals surface area contributed by atoms with Gasteiger partial charge in [-0.3, -0.25) is 0 Å². The van der Waals surface area contributed by atoms with Crippen molar-refractivity contribution < 1.29 is 19.4 Å². The molecule has 0 aliphatic rings. The number of benzene rings is 2. The van der Waals surface area contributed by atoms with Crippen LogP contribution in [0.25, 0.3) is 22.2 Å². The zero-order chi connectivity index (χ0) is 17.1. The van der Waals surface area contributed by atoms with Gasteiger partial charge in [0.05, 0.1) is 30.5 Å². The van der Waals surface area contributed by atoms with E-state index in [-0.39, 0.29) is 5.56 Å². The first kappa shape index (κ1) is 15.8. The highest BCUT2D eigenvalue weighted by molar-refractivity contribution is 6.04. The fourth-order valence-electron chi connectivity index (χ4n) is 2.55. The summed E-state index contributed by atoms with van der Waals surface area (Å²) < 4.78 is 10.6. The molecule has 5 heteroatoms. The summed E-state index contributed by atoms with van der Waals surface area (Å²) >= 11 is 0. The molecule has 0 fully saturated rings. The lowest BCUT2D eigenvalue weighted by molar-refractivity contribution is 0.0699. The lowest BCUT2D eigenvalue weighted by Gasteiger charge is -2.10. The molecular formula is C19H17NO4. The van der Waals surface area contributed by atoms with Crippen LogP contribution in [-0.2, 0) is 0 Å². The van der Waals surface area contributed by atoms with Crippen molar-refractivity contribution in [1.82, 2.24) is 4.98 Å². The third-order valence-corrected chi connectivity index (χ3v) is 3.71. The summed E-state index contributed by atoms with van der Waals surface area (Å²) in [6.45, 7) is 2.40. The van der Waals surface area contributed by atoms with E-state index >= 15 is 0 Å². The molecule has 0 aliphatic heterocycles. The topological polar surface area (TPSA) is 68.7 Å². The monoisotopic (exact) mass is 323 g/mol. The zero-order valence-electron chi connectivity index (χ0n) is 13.4. The van der Waals surface area contributed by atoms with E-state index in [0.717, 1.165) is 11.3 Å². The van der Waals surface area contributed by atoms with E-state index in [1.165, 1.54) is 0 Å². The summed E-state index contributed by atoms with van der Waals surface area (Å²) in [4.78, 5) is 16.3. The maximum absolute atomic E-state index is 11.7. The molecule has 0 saturated heterocycles. The van der Waals surface area contributed by atoms with Gasteiger partial charge in [-0.1, -0.05) is 0 Å². The van der Waals surface area contributed by atoms with Gasteiger partial charge in [-0.2, -0.15) is 0 Å². The smallest absolute Gasteiger partial charge is 0.336 e. The maximum atomic E-state index is 11.7. The van der Waals surface area contributed by atoms with Gasteiger partial charge >= 0.3 is 5.97 Å². The molecule has 1 aromatic heterocycles. The number of rotatable bonds is 5. The number of pyridine rings is 1. The van der Waals surface area contributed by atoms with E-state index in [0.29, 0.717) is 29.0 Å². The number of nitrogens with zero attached hydrogens (tertiary/aromatic N) is 1. The van der Waals surface area contributed by atoms with Crippen LogP contribution >= 0.6 is 0 Å². The number of hydrogen-bond donors (Lipinski definition) is 1. The summed E-state index contributed by atoms with van der Waals surface area (Å²) in [6, 6.07) is 14.2. The quantitative estimate of drug-likeness (QED) is 0.768. The van der Waals surface area contributed by atoms with Crippen LogP contribution < -0.4 is 9.47 Å². The molecular weight excluding hydrogens is 306 g/mol. The number of carboxylic acid groups (broad SMARTS) is 1. The molecule has 2 aromatic carbocycles. The van der Waals surface area contributed by atoms with E-state index < -0.39 is 5.97 Å². The van der Waals surface area contributed by atoms with Gasteiger partial charge in [0.1, 0.15) is 11.5 Å². The second-order valence-electron chi connectivity index (χ2n) is 5.20. The number of ether oxygens (including phenoxy) is 2. The molecule has 0 amide bonds. The van der Waals surface area contributed by atoms with Crippen molar-refractivity contribution in [1.29, 1.82) is 0 Å². The highest BCUT2D eigenvalue weighted by atomic mass is 16.5. The Bertz CT molecular complexity index is 888. The second-order valence-corrected chi connectivity index (χ2v) is 5.20. The highest BCUT2D eigenvalue weighted by Crippen LogP contribution is 2.28. The lowest BCUT2D eigenvalue weighted by atomic mass is 10.0. The van der Waals surface area contributed by atoms with Gasteiger partial charge in [-0.05, 0) is 55.5 Å². The summed E-state index contributed by atoms with van der Waals surface area (Å²) in [7, 11) is 1.60. The predicted molar refractivity (Wildman–Crippen MR) is 91.9 cm³/mol. The number of aromatic nitrogens is 1. The molecule has 0 atom stereocenters. The molecule has 122 valence electrons. The van der Waals surface area contributed by atoms with E-state index in [2.05, 4.69) is 4.98 Å². The van der Waals surface area contributed by atoms with Crippen molar-refractivity contribution in [2.24, 2.45) is 0 Å². The maximum Gasteiger partial charge on any atom is 0.336 e. The minimum atomic E-state index is -0.995. The molecule has 0 bridgehead atoms. The fourth-order valence-corrected chi connectivity index (χ4v) is 2.55. The van der Waals surface area contributed by atoms with Crippen molar-refractivity contribution in [2.75, 3.05) is 13.7 Å². The summed E-state index contributed by atoms with van der Waals surface area (Å²) in [5.41, 5.74) is 2.25. The Kier molecular flexibility index (Phi) is 4.33. The van der Waals surface area contributed by atoms with Crippen molar-refractivity contribution >= 4 is 16.9 Å². The van der Waals surface area contributed by atoms with Crippen LogP contribution in [0.4, 0.5) is 0 Å². The molecule has 3 rings (SSSR count). The van der Waals surface area contributed by atoms with Gasteiger partial charge in [-0.15, -0.1) is 0 Å². The normalized spacial score (nSPS) is 10.6. The van der Waals surface area contributed by atoms with Gasteiger partial charge in [0.2, 0.25) is 0 Å². The van der Waals surface area contributed by atoms with Crippen LogP contribution in [-0.4, -0.2) is 29.8 Å². The zero-order valence-corrected chi connectivity index (χ0v) is 13.4. The number of fused-ring (bicyclic) bond motifs is 1. The first-order chi connectivity index (χ1) is 11.6. The number of carbonyl (C=O) groups is 1. The van der Waals surface area contributed by atoms with Crippen LogP contribution in [0.2, 0.25) is 0 Å². The van der Waals surface area contributed by atoms with E-state index in [1.54, 1.807) is 31.4 Å². The molecule has 5 nitrogen and oxygen atoms in total. The number of methoxy groups -OCH3 is 1. The van der Waals surface area contributed by atoms with Crippen LogP contribution in [0.1, 0.15) is 17.3 Å². The van der Waals surface area contributed by atoms with E-state index in [1.807, 2.05) is 31.2 Å². The number of hydrogen-bond acceptors (Lipinski definition) is 4. The molecule has 1 heterocycles. The molecule has 0 radical (unpaired) electrons. The van der Waals surface area contributed by atoms with Crippen molar-refractivity contribution in [2.45, 2.75) is 6.92 Å². The van der Waals surface area contributed by atoms with Crippen LogP contribution in [0, 0.1) is 0 Å². The Hall–Kier alpha value is -3.08. The molecule has 0 saturated carbocycles. The van der Waals surface area contributed by atoms with Gasteiger partial charge in [0.15, 0.2) is 0 Å². The highest BCUT2D eigenvalue weighted by Gasteiger charge is 2.14. The Morgan fingerprint density at radius 3 is 2.42 bits per heavy atom. The first-order valence-corrected chi connectivity index (χ1v) is 7.57. The molecule has 3 aromatic rings. The van der Waals surface area contributed by atoms with Crippen LogP contribution in [0.15, 0.2) is 48.5 Å². The Morgan fingerprint density at radius 2 is 1.79 bits per heavy atom. The largest absolute Gasteiger partial charge is 0.497 e. The molecule has 24 heavy (non-hydrogen) atoms. The van der Waals surface area contributed by atoms with Gasteiger partial charge in [0, 0.05) is 10.9 Å². The second kappa shape index (κ2) is 6.58.